The lowest BCUT2D eigenvalue weighted by atomic mass is 10.1. The molecular formula is C14H13ClFNO2. The van der Waals surface area contributed by atoms with Gasteiger partial charge in [0.15, 0.2) is 0 Å². The average Bonchev–Trinajstić information content (AvgIpc) is 2.76. The molecule has 3 nitrogen and oxygen atoms in total. The van der Waals surface area contributed by atoms with Crippen molar-refractivity contribution in [3.63, 3.8) is 0 Å². The molecule has 19 heavy (non-hydrogen) atoms. The number of halogens is 2. The van der Waals surface area contributed by atoms with Gasteiger partial charge in [0.1, 0.15) is 11.5 Å². The van der Waals surface area contributed by atoms with Gasteiger partial charge in [-0.05, 0) is 36.8 Å². The fraction of sp³-hybridized carbons (Fsp3) is 0.214. The van der Waals surface area contributed by atoms with Crippen LogP contribution in [0.1, 0.15) is 23.8 Å². The number of carboxylic acid groups (broad SMARTS) is 1. The van der Waals surface area contributed by atoms with E-state index in [1.807, 2.05) is 6.92 Å². The third-order valence-electron chi connectivity index (χ3n) is 2.85. The molecule has 0 aliphatic heterocycles. The van der Waals surface area contributed by atoms with E-state index < -0.39 is 11.8 Å². The molecule has 0 radical (unpaired) electrons. The molecule has 0 amide bonds. The smallest absolute Gasteiger partial charge is 0.352 e. The van der Waals surface area contributed by atoms with Crippen molar-refractivity contribution < 1.29 is 14.3 Å². The molecule has 5 heteroatoms. The Bertz CT molecular complexity index is 622. The maximum absolute atomic E-state index is 13.9. The van der Waals surface area contributed by atoms with Gasteiger partial charge in [-0.25, -0.2) is 9.18 Å². The van der Waals surface area contributed by atoms with Gasteiger partial charge in [0.2, 0.25) is 0 Å². The average molecular weight is 282 g/mol. The topological polar surface area (TPSA) is 42.2 Å². The molecule has 2 rings (SSSR count). The predicted molar refractivity (Wildman–Crippen MR) is 72.1 cm³/mol. The highest BCUT2D eigenvalue weighted by Crippen LogP contribution is 2.28. The number of carbonyl (C=O) groups is 1. The molecule has 0 aliphatic rings. The van der Waals surface area contributed by atoms with Crippen LogP contribution in [0.2, 0.25) is 5.02 Å². The van der Waals surface area contributed by atoms with Gasteiger partial charge >= 0.3 is 5.97 Å². The molecule has 0 saturated carbocycles. The number of hydrogen-bond acceptors (Lipinski definition) is 1. The SMILES string of the molecule is CCCn1c(C(=O)O)ccc1-c1cc(Cl)ccc1F. The number of rotatable bonds is 4. The molecule has 1 N–H and O–H groups in total. The monoisotopic (exact) mass is 281 g/mol. The Balaban J connectivity index is 2.61. The van der Waals surface area contributed by atoms with E-state index >= 15 is 0 Å². The number of aromatic nitrogens is 1. The van der Waals surface area contributed by atoms with E-state index in [4.69, 9.17) is 16.7 Å². The third-order valence-corrected chi connectivity index (χ3v) is 3.09. The molecule has 1 aromatic carbocycles. The zero-order chi connectivity index (χ0) is 14.0. The lowest BCUT2D eigenvalue weighted by Gasteiger charge is -2.11. The van der Waals surface area contributed by atoms with E-state index in [1.165, 1.54) is 24.3 Å². The summed E-state index contributed by atoms with van der Waals surface area (Å²) in [4.78, 5) is 11.2. The summed E-state index contributed by atoms with van der Waals surface area (Å²) in [5.74, 6) is -1.45. The summed E-state index contributed by atoms with van der Waals surface area (Å²) in [6.45, 7) is 2.44. The van der Waals surface area contributed by atoms with E-state index in [1.54, 1.807) is 10.6 Å². The maximum Gasteiger partial charge on any atom is 0.352 e. The number of carboxylic acids is 1. The van der Waals surface area contributed by atoms with Gasteiger partial charge in [0.05, 0.1) is 5.69 Å². The summed E-state index contributed by atoms with van der Waals surface area (Å²) in [5.41, 5.74) is 0.990. The standard InChI is InChI=1S/C14H13ClFNO2/c1-2-7-17-12(5-6-13(17)14(18)19)10-8-9(15)3-4-11(10)16/h3-6,8H,2,7H2,1H3,(H,18,19). The van der Waals surface area contributed by atoms with Crippen LogP contribution in [-0.4, -0.2) is 15.6 Å². The van der Waals surface area contributed by atoms with Crippen molar-refractivity contribution in [1.82, 2.24) is 4.57 Å². The number of hydrogen-bond donors (Lipinski definition) is 1. The molecule has 0 unspecified atom stereocenters. The van der Waals surface area contributed by atoms with Crippen LogP contribution in [0.5, 0.6) is 0 Å². The van der Waals surface area contributed by atoms with Crippen molar-refractivity contribution >= 4 is 17.6 Å². The van der Waals surface area contributed by atoms with Crippen molar-refractivity contribution in [1.29, 1.82) is 0 Å². The molecule has 100 valence electrons. The number of benzene rings is 1. The predicted octanol–water partition coefficient (Wildman–Crippen LogP) is 4.06. The Morgan fingerprint density at radius 3 is 2.74 bits per heavy atom. The molecule has 0 atom stereocenters. The zero-order valence-corrected chi connectivity index (χ0v) is 11.1. The van der Waals surface area contributed by atoms with Gasteiger partial charge in [0.25, 0.3) is 0 Å². The van der Waals surface area contributed by atoms with Gasteiger partial charge in [-0.1, -0.05) is 18.5 Å². The van der Waals surface area contributed by atoms with Crippen molar-refractivity contribution in [2.45, 2.75) is 19.9 Å². The van der Waals surface area contributed by atoms with Crippen LogP contribution >= 0.6 is 11.6 Å². The van der Waals surface area contributed by atoms with E-state index in [9.17, 15) is 9.18 Å². The van der Waals surface area contributed by atoms with Gasteiger partial charge in [-0.3, -0.25) is 0 Å². The van der Waals surface area contributed by atoms with Crippen LogP contribution < -0.4 is 0 Å². The summed E-state index contributed by atoms with van der Waals surface area (Å²) >= 11 is 5.87. The molecular weight excluding hydrogens is 269 g/mol. The molecule has 1 aromatic heterocycles. The van der Waals surface area contributed by atoms with Gasteiger partial charge in [-0.2, -0.15) is 0 Å². The van der Waals surface area contributed by atoms with Crippen LogP contribution in [0.25, 0.3) is 11.3 Å². The Labute approximate surface area is 115 Å². The lowest BCUT2D eigenvalue weighted by molar-refractivity contribution is 0.0685. The van der Waals surface area contributed by atoms with Gasteiger partial charge in [-0.15, -0.1) is 0 Å². The molecule has 0 fully saturated rings. The minimum absolute atomic E-state index is 0.149. The highest BCUT2D eigenvalue weighted by Gasteiger charge is 2.17. The quantitative estimate of drug-likeness (QED) is 0.918. The highest BCUT2D eigenvalue weighted by molar-refractivity contribution is 6.30. The van der Waals surface area contributed by atoms with E-state index in [2.05, 4.69) is 0 Å². The van der Waals surface area contributed by atoms with Crippen molar-refractivity contribution in [3.8, 4) is 11.3 Å². The third kappa shape index (κ3) is 2.63. The Morgan fingerprint density at radius 2 is 2.11 bits per heavy atom. The second-order valence-electron chi connectivity index (χ2n) is 4.18. The Kier molecular flexibility index (Phi) is 3.90. The second-order valence-corrected chi connectivity index (χ2v) is 4.62. The van der Waals surface area contributed by atoms with Crippen LogP contribution in [0, 0.1) is 5.82 Å². The zero-order valence-electron chi connectivity index (χ0n) is 10.4. The largest absolute Gasteiger partial charge is 0.477 e. The summed E-state index contributed by atoms with van der Waals surface area (Å²) < 4.78 is 15.5. The first-order valence-electron chi connectivity index (χ1n) is 5.92. The molecule has 0 bridgehead atoms. The number of nitrogens with zero attached hydrogens (tertiary/aromatic N) is 1. The Hall–Kier alpha value is -1.81. The minimum atomic E-state index is -1.03. The molecule has 1 heterocycles. The summed E-state index contributed by atoms with van der Waals surface area (Å²) in [5, 5.41) is 9.55. The first-order chi connectivity index (χ1) is 9.04. The van der Waals surface area contributed by atoms with Gasteiger partial charge < -0.3 is 9.67 Å². The van der Waals surface area contributed by atoms with E-state index in [0.717, 1.165) is 6.42 Å². The lowest BCUT2D eigenvalue weighted by Crippen LogP contribution is -2.09. The summed E-state index contributed by atoms with van der Waals surface area (Å²) in [6.07, 6.45) is 0.754. The molecule has 0 saturated heterocycles. The summed E-state index contributed by atoms with van der Waals surface area (Å²) in [7, 11) is 0. The molecule has 0 aliphatic carbocycles. The first-order valence-corrected chi connectivity index (χ1v) is 6.30. The van der Waals surface area contributed by atoms with Crippen molar-refractivity contribution in [2.75, 3.05) is 0 Å². The fourth-order valence-corrected chi connectivity index (χ4v) is 2.22. The van der Waals surface area contributed by atoms with Crippen LogP contribution in [-0.2, 0) is 6.54 Å². The fourth-order valence-electron chi connectivity index (χ4n) is 2.05. The normalized spacial score (nSPS) is 10.7. The molecule has 2 aromatic rings. The second kappa shape index (κ2) is 5.45. The van der Waals surface area contributed by atoms with Crippen LogP contribution in [0.15, 0.2) is 30.3 Å². The summed E-state index contributed by atoms with van der Waals surface area (Å²) in [6, 6.07) is 7.33. The Morgan fingerprint density at radius 1 is 1.37 bits per heavy atom. The van der Waals surface area contributed by atoms with Gasteiger partial charge in [0, 0.05) is 17.1 Å². The molecule has 0 spiro atoms. The first kappa shape index (κ1) is 13.6. The number of aromatic carboxylic acids is 1. The highest BCUT2D eigenvalue weighted by atomic mass is 35.5. The van der Waals surface area contributed by atoms with E-state index in [-0.39, 0.29) is 5.69 Å². The minimum Gasteiger partial charge on any atom is -0.477 e. The van der Waals surface area contributed by atoms with Crippen LogP contribution in [0.3, 0.4) is 0 Å². The van der Waals surface area contributed by atoms with E-state index in [0.29, 0.717) is 22.8 Å². The van der Waals surface area contributed by atoms with Crippen molar-refractivity contribution in [3.05, 3.63) is 46.9 Å². The van der Waals surface area contributed by atoms with Crippen molar-refractivity contribution in [2.24, 2.45) is 0 Å². The maximum atomic E-state index is 13.9. The van der Waals surface area contributed by atoms with Crippen LogP contribution in [0.4, 0.5) is 4.39 Å².